The van der Waals surface area contributed by atoms with Crippen molar-refractivity contribution in [3.63, 3.8) is 0 Å². The van der Waals surface area contributed by atoms with Crippen molar-refractivity contribution in [2.75, 3.05) is 19.8 Å². The summed E-state index contributed by atoms with van der Waals surface area (Å²) in [6.07, 6.45) is -24.6. The lowest BCUT2D eigenvalue weighted by Crippen LogP contribution is -2.68. The van der Waals surface area contributed by atoms with E-state index in [1.165, 1.54) is 0 Å². The molecule has 41 heavy (non-hydrogen) atoms. The summed E-state index contributed by atoms with van der Waals surface area (Å²) >= 11 is 0. The van der Waals surface area contributed by atoms with Crippen LogP contribution in [-0.2, 0) is 28.4 Å². The summed E-state index contributed by atoms with van der Waals surface area (Å²) in [6, 6.07) is 0. The highest BCUT2D eigenvalue weighted by molar-refractivity contribution is 4.98. The van der Waals surface area contributed by atoms with Crippen LogP contribution in [0.15, 0.2) is 0 Å². The zero-order valence-corrected chi connectivity index (χ0v) is 23.7. The Morgan fingerprint density at radius 1 is 0.488 bits per heavy atom. The van der Waals surface area contributed by atoms with Crippen molar-refractivity contribution >= 4 is 0 Å². The highest BCUT2D eigenvalue weighted by atomic mass is 16.8. The molecule has 3 rings (SSSR count). The monoisotopic (exact) mass is 602 g/mol. The molecule has 3 fully saturated rings. The summed E-state index contributed by atoms with van der Waals surface area (Å²) < 4.78 is 34.8. The Morgan fingerprint density at radius 2 is 0.854 bits per heavy atom. The average molecular weight is 603 g/mol. The summed E-state index contributed by atoms with van der Waals surface area (Å²) in [5, 5.41) is 102. The summed E-state index contributed by atoms with van der Waals surface area (Å²) in [5.41, 5.74) is -1.48. The molecule has 0 spiro atoms. The van der Waals surface area contributed by atoms with Gasteiger partial charge in [0, 0.05) is 0 Å². The quantitative estimate of drug-likeness (QED) is 0.119. The molecular formula is C25H46O16. The smallest absolute Gasteiger partial charge is 0.187 e. The van der Waals surface area contributed by atoms with Crippen molar-refractivity contribution < 1.29 is 79.5 Å². The fourth-order valence-corrected chi connectivity index (χ4v) is 4.57. The van der Waals surface area contributed by atoms with Crippen LogP contribution in [0.2, 0.25) is 0 Å². The third-order valence-electron chi connectivity index (χ3n) is 8.29. The minimum atomic E-state index is -1.87. The maximum absolute atomic E-state index is 11.1. The van der Waals surface area contributed by atoms with Gasteiger partial charge in [0.25, 0.3) is 0 Å². The highest BCUT2D eigenvalue weighted by Crippen LogP contribution is 2.39. The molecule has 0 bridgehead atoms. The van der Waals surface area contributed by atoms with Gasteiger partial charge in [-0.3, -0.25) is 0 Å². The molecule has 3 aliphatic rings. The molecule has 242 valence electrons. The van der Waals surface area contributed by atoms with E-state index in [4.69, 9.17) is 28.4 Å². The van der Waals surface area contributed by atoms with Gasteiger partial charge in [-0.1, -0.05) is 20.8 Å². The topological polar surface area (TPSA) is 258 Å². The molecule has 16 heteroatoms. The molecular weight excluding hydrogens is 556 g/mol. The second-order valence-electron chi connectivity index (χ2n) is 12.2. The number of hydrogen-bond acceptors (Lipinski definition) is 16. The van der Waals surface area contributed by atoms with Crippen LogP contribution in [0.3, 0.4) is 0 Å². The van der Waals surface area contributed by atoms with Crippen LogP contribution in [0.4, 0.5) is 0 Å². The molecule has 7 unspecified atom stereocenters. The first kappa shape index (κ1) is 34.8. The van der Waals surface area contributed by atoms with Gasteiger partial charge >= 0.3 is 0 Å². The second kappa shape index (κ2) is 13.6. The summed E-state index contributed by atoms with van der Waals surface area (Å²) in [5.74, 6) is 0. The van der Waals surface area contributed by atoms with Crippen molar-refractivity contribution in [3.05, 3.63) is 0 Å². The SMILES string of the molecule is CC(C)(C)C(C)(C)OC1OC(CO)C(O)C(OC2O[C@H](CO)[C@@H](O)[C@H](O)[C@@H]2O)C1OC1O[C@H](CO)[C@@H](O)[C@H](O)[C@@H]1O. The fraction of sp³-hybridized carbons (Fsp3) is 1.00. The van der Waals surface area contributed by atoms with Gasteiger partial charge in [0.15, 0.2) is 18.9 Å². The zero-order chi connectivity index (χ0) is 31.0. The van der Waals surface area contributed by atoms with E-state index in [1.807, 2.05) is 20.8 Å². The molecule has 10 N–H and O–H groups in total. The Morgan fingerprint density at radius 3 is 1.24 bits per heavy atom. The number of ether oxygens (including phenoxy) is 6. The van der Waals surface area contributed by atoms with Crippen molar-refractivity contribution in [1.29, 1.82) is 0 Å². The van der Waals surface area contributed by atoms with Crippen LogP contribution < -0.4 is 0 Å². The Balaban J connectivity index is 2.00. The largest absolute Gasteiger partial charge is 0.394 e. The Bertz CT molecular complexity index is 820. The van der Waals surface area contributed by atoms with E-state index in [0.717, 1.165) is 0 Å². The first-order chi connectivity index (χ1) is 19.0. The van der Waals surface area contributed by atoms with Gasteiger partial charge in [-0.2, -0.15) is 0 Å². The molecule has 3 saturated heterocycles. The molecule has 16 nitrogen and oxygen atoms in total. The third-order valence-corrected chi connectivity index (χ3v) is 8.29. The minimum Gasteiger partial charge on any atom is -0.394 e. The molecule has 0 radical (unpaired) electrons. The molecule has 3 heterocycles. The van der Waals surface area contributed by atoms with E-state index >= 15 is 0 Å². The maximum Gasteiger partial charge on any atom is 0.187 e. The first-order valence-corrected chi connectivity index (χ1v) is 13.5. The number of aliphatic hydroxyl groups excluding tert-OH is 10. The van der Waals surface area contributed by atoms with Crippen molar-refractivity contribution in [3.8, 4) is 0 Å². The lowest BCUT2D eigenvalue weighted by atomic mass is 9.79. The van der Waals surface area contributed by atoms with Crippen LogP contribution in [-0.4, -0.2) is 169 Å². The van der Waals surface area contributed by atoms with E-state index in [0.29, 0.717) is 0 Å². The van der Waals surface area contributed by atoms with Crippen LogP contribution in [0, 0.1) is 5.41 Å². The van der Waals surface area contributed by atoms with E-state index in [9.17, 15) is 51.1 Å². The number of rotatable bonds is 9. The molecule has 0 saturated carbocycles. The maximum atomic E-state index is 11.1. The highest BCUT2D eigenvalue weighted by Gasteiger charge is 2.55. The molecule has 0 aliphatic carbocycles. The van der Waals surface area contributed by atoms with Crippen LogP contribution in [0.5, 0.6) is 0 Å². The Kier molecular flexibility index (Phi) is 11.5. The minimum absolute atomic E-state index is 0.511. The van der Waals surface area contributed by atoms with Crippen molar-refractivity contribution in [1.82, 2.24) is 0 Å². The van der Waals surface area contributed by atoms with Gasteiger partial charge in [-0.15, -0.1) is 0 Å². The molecule has 3 aliphatic heterocycles. The zero-order valence-electron chi connectivity index (χ0n) is 23.7. The van der Waals surface area contributed by atoms with Crippen LogP contribution in [0.1, 0.15) is 34.6 Å². The summed E-state index contributed by atoms with van der Waals surface area (Å²) in [4.78, 5) is 0. The van der Waals surface area contributed by atoms with E-state index in [-0.39, 0.29) is 0 Å². The third kappa shape index (κ3) is 7.20. The van der Waals surface area contributed by atoms with Gasteiger partial charge in [-0.25, -0.2) is 0 Å². The van der Waals surface area contributed by atoms with Gasteiger partial charge in [-0.05, 0) is 19.3 Å². The normalized spacial score (nSPS) is 46.5. The molecule has 0 aromatic rings. The van der Waals surface area contributed by atoms with E-state index in [2.05, 4.69) is 0 Å². The molecule has 15 atom stereocenters. The molecule has 0 aromatic heterocycles. The van der Waals surface area contributed by atoms with Gasteiger partial charge in [0.2, 0.25) is 0 Å². The molecule has 0 aromatic carbocycles. The average Bonchev–Trinajstić information content (AvgIpc) is 2.91. The standard InChI is InChI=1S/C25H46O16/c1-24(2,3)25(4,5)41-23-20(40-22-18(35)16(33)13(30)10(7-27)37-22)19(14(31)11(8-28)38-23)39-21-17(34)15(32)12(29)9(6-26)36-21/h9-23,26-35H,6-8H2,1-5H3/t9-,10-,11?,12-,13-,14?,15+,16+,17+,18+,19?,20?,21?,22?,23?/m1/s1. The van der Waals surface area contributed by atoms with Gasteiger partial charge in [0.1, 0.15) is 73.2 Å². The summed E-state index contributed by atoms with van der Waals surface area (Å²) in [7, 11) is 0. The first-order valence-electron chi connectivity index (χ1n) is 13.5. The van der Waals surface area contributed by atoms with Crippen molar-refractivity contribution in [2.24, 2.45) is 5.41 Å². The van der Waals surface area contributed by atoms with Crippen LogP contribution in [0.25, 0.3) is 0 Å². The summed E-state index contributed by atoms with van der Waals surface area (Å²) in [6.45, 7) is 6.90. The number of hydrogen-bond donors (Lipinski definition) is 10. The predicted octanol–water partition coefficient (Wildman–Crippen LogP) is -4.72. The lowest BCUT2D eigenvalue weighted by Gasteiger charge is -2.51. The Hall–Kier alpha value is -0.640. The second-order valence-corrected chi connectivity index (χ2v) is 12.2. The lowest BCUT2D eigenvalue weighted by molar-refractivity contribution is -0.402. The van der Waals surface area contributed by atoms with Gasteiger partial charge < -0.3 is 79.5 Å². The Labute approximate surface area is 237 Å². The fourth-order valence-electron chi connectivity index (χ4n) is 4.57. The van der Waals surface area contributed by atoms with Gasteiger partial charge in [0.05, 0.1) is 25.4 Å². The van der Waals surface area contributed by atoms with Crippen LogP contribution >= 0.6 is 0 Å². The predicted molar refractivity (Wildman–Crippen MR) is 134 cm³/mol. The van der Waals surface area contributed by atoms with E-state index in [1.54, 1.807) is 13.8 Å². The molecule has 0 amide bonds. The number of aliphatic hydroxyl groups is 10. The van der Waals surface area contributed by atoms with E-state index < -0.39 is 123 Å². The van der Waals surface area contributed by atoms with Crippen molar-refractivity contribution in [2.45, 2.75) is 132 Å².